The first-order valence-corrected chi connectivity index (χ1v) is 6.55. The molecule has 1 aliphatic carbocycles. The quantitative estimate of drug-likeness (QED) is 0.926. The zero-order chi connectivity index (χ0) is 15.4. The molecule has 0 atom stereocenters. The molecule has 1 aliphatic rings. The summed E-state index contributed by atoms with van der Waals surface area (Å²) in [6, 6.07) is 4.68. The van der Waals surface area contributed by atoms with Crippen LogP contribution in [0.2, 0.25) is 0 Å². The Kier molecular flexibility index (Phi) is 2.89. The second kappa shape index (κ2) is 4.41. The fourth-order valence-electron chi connectivity index (χ4n) is 2.59. The maximum absolute atomic E-state index is 12.8. The van der Waals surface area contributed by atoms with E-state index in [1.807, 2.05) is 0 Å². The number of nitrogens with two attached hydrogens (primary N) is 1. The van der Waals surface area contributed by atoms with Crippen molar-refractivity contribution in [2.24, 2.45) is 7.05 Å². The number of aromatic nitrogens is 2. The van der Waals surface area contributed by atoms with E-state index in [0.29, 0.717) is 5.69 Å². The van der Waals surface area contributed by atoms with Gasteiger partial charge in [-0.2, -0.15) is 13.2 Å². The van der Waals surface area contributed by atoms with Crippen LogP contribution in [-0.4, -0.2) is 9.36 Å². The third-order valence-electron chi connectivity index (χ3n) is 3.73. The van der Waals surface area contributed by atoms with Gasteiger partial charge >= 0.3 is 6.18 Å². The number of rotatable bonds is 2. The lowest BCUT2D eigenvalue weighted by Crippen LogP contribution is -2.21. The van der Waals surface area contributed by atoms with E-state index >= 15 is 0 Å². The zero-order valence-electron chi connectivity index (χ0n) is 11.3. The summed E-state index contributed by atoms with van der Waals surface area (Å²) in [5, 5.41) is 0. The molecule has 0 amide bonds. The molecule has 1 aromatic heterocycles. The minimum absolute atomic E-state index is 0.123. The molecule has 3 rings (SSSR count). The zero-order valence-corrected chi connectivity index (χ0v) is 11.3. The molecule has 4 nitrogen and oxygen atoms in total. The van der Waals surface area contributed by atoms with Gasteiger partial charge in [-0.05, 0) is 31.0 Å². The van der Waals surface area contributed by atoms with E-state index in [1.54, 1.807) is 11.7 Å². The van der Waals surface area contributed by atoms with Crippen molar-refractivity contribution in [3.05, 3.63) is 45.9 Å². The van der Waals surface area contributed by atoms with Crippen LogP contribution in [0.15, 0.2) is 29.1 Å². The van der Waals surface area contributed by atoms with Crippen LogP contribution in [0.4, 0.5) is 18.9 Å². The van der Waals surface area contributed by atoms with E-state index in [9.17, 15) is 18.0 Å². The minimum atomic E-state index is -4.45. The summed E-state index contributed by atoms with van der Waals surface area (Å²) in [5.74, 6) is 0.231. The van der Waals surface area contributed by atoms with E-state index in [4.69, 9.17) is 5.73 Å². The highest BCUT2D eigenvalue weighted by Gasteiger charge is 2.33. The van der Waals surface area contributed by atoms with Gasteiger partial charge in [-0.1, -0.05) is 6.07 Å². The number of anilines is 1. The molecule has 0 unspecified atom stereocenters. The highest BCUT2D eigenvalue weighted by Crippen LogP contribution is 2.42. The molecular weight excluding hydrogens is 283 g/mol. The van der Waals surface area contributed by atoms with Crippen LogP contribution in [0, 0.1) is 0 Å². The van der Waals surface area contributed by atoms with Gasteiger partial charge in [0, 0.05) is 13.0 Å². The van der Waals surface area contributed by atoms with E-state index in [1.165, 1.54) is 16.8 Å². The van der Waals surface area contributed by atoms with Crippen LogP contribution in [0.25, 0.3) is 5.69 Å². The molecule has 1 fully saturated rings. The number of nitrogens with zero attached hydrogens (tertiary/aromatic N) is 2. The molecular formula is C14H14F3N3O. The Bertz CT molecular complexity index is 754. The average Bonchev–Trinajstić information content (AvgIpc) is 3.19. The smallest absolute Gasteiger partial charge is 0.393 e. The van der Waals surface area contributed by atoms with E-state index in [-0.39, 0.29) is 17.3 Å². The minimum Gasteiger partial charge on any atom is -0.393 e. The molecule has 0 spiro atoms. The Balaban J connectivity index is 2.18. The number of benzene rings is 1. The summed E-state index contributed by atoms with van der Waals surface area (Å²) in [6.07, 6.45) is -2.55. The number of nitrogen functional groups attached to an aromatic ring is 1. The first-order chi connectivity index (χ1) is 9.80. The van der Waals surface area contributed by atoms with Gasteiger partial charge in [-0.3, -0.25) is 9.48 Å². The molecule has 0 saturated heterocycles. The Labute approximate surface area is 118 Å². The summed E-state index contributed by atoms with van der Waals surface area (Å²) in [6.45, 7) is 0. The van der Waals surface area contributed by atoms with Crippen molar-refractivity contribution < 1.29 is 13.2 Å². The van der Waals surface area contributed by atoms with Gasteiger partial charge in [0.25, 0.3) is 5.56 Å². The van der Waals surface area contributed by atoms with Gasteiger partial charge in [-0.25, -0.2) is 4.68 Å². The maximum atomic E-state index is 12.8. The summed E-state index contributed by atoms with van der Waals surface area (Å²) < 4.78 is 41.1. The molecule has 0 radical (unpaired) electrons. The second-order valence-corrected chi connectivity index (χ2v) is 5.26. The standard InChI is InChI=1S/C14H14F3N3O/c1-19-12(8-5-6-8)11(18)13(21)20(19)10-4-2-3-9(7-10)14(15,16)17/h2-4,7-8H,5-6,18H2,1H3. The van der Waals surface area contributed by atoms with Crippen LogP contribution in [0.1, 0.15) is 30.0 Å². The fraction of sp³-hybridized carbons (Fsp3) is 0.357. The Hall–Kier alpha value is -2.18. The van der Waals surface area contributed by atoms with Gasteiger partial charge < -0.3 is 5.73 Å². The summed E-state index contributed by atoms with van der Waals surface area (Å²) >= 11 is 0. The van der Waals surface area contributed by atoms with Gasteiger partial charge in [0.1, 0.15) is 5.69 Å². The van der Waals surface area contributed by atoms with Crippen molar-refractivity contribution in [2.75, 3.05) is 5.73 Å². The molecule has 21 heavy (non-hydrogen) atoms. The molecule has 7 heteroatoms. The average molecular weight is 297 g/mol. The second-order valence-electron chi connectivity index (χ2n) is 5.26. The lowest BCUT2D eigenvalue weighted by molar-refractivity contribution is -0.137. The fourth-order valence-corrected chi connectivity index (χ4v) is 2.59. The third-order valence-corrected chi connectivity index (χ3v) is 3.73. The van der Waals surface area contributed by atoms with Crippen molar-refractivity contribution in [1.82, 2.24) is 9.36 Å². The number of hydrogen-bond donors (Lipinski definition) is 1. The Morgan fingerprint density at radius 3 is 2.52 bits per heavy atom. The molecule has 2 N–H and O–H groups in total. The van der Waals surface area contributed by atoms with Crippen molar-refractivity contribution >= 4 is 5.69 Å². The molecule has 1 heterocycles. The molecule has 0 aliphatic heterocycles. The molecule has 1 aromatic carbocycles. The molecule has 112 valence electrons. The number of hydrogen-bond acceptors (Lipinski definition) is 2. The molecule has 1 saturated carbocycles. The van der Waals surface area contributed by atoms with E-state index in [0.717, 1.165) is 25.0 Å². The maximum Gasteiger partial charge on any atom is 0.416 e. The normalized spacial score (nSPS) is 15.4. The topological polar surface area (TPSA) is 52.9 Å². The summed E-state index contributed by atoms with van der Waals surface area (Å²) in [5.41, 5.74) is 5.56. The third kappa shape index (κ3) is 2.22. The molecule has 0 bridgehead atoms. The van der Waals surface area contributed by atoms with Crippen molar-refractivity contribution in [2.45, 2.75) is 24.9 Å². The summed E-state index contributed by atoms with van der Waals surface area (Å²) in [7, 11) is 1.64. The molecule has 2 aromatic rings. The van der Waals surface area contributed by atoms with E-state index in [2.05, 4.69) is 0 Å². The number of halogens is 3. The van der Waals surface area contributed by atoms with Crippen molar-refractivity contribution in [1.29, 1.82) is 0 Å². The summed E-state index contributed by atoms with van der Waals surface area (Å²) in [4.78, 5) is 12.2. The largest absolute Gasteiger partial charge is 0.416 e. The highest BCUT2D eigenvalue weighted by atomic mass is 19.4. The Morgan fingerprint density at radius 1 is 1.29 bits per heavy atom. The van der Waals surface area contributed by atoms with Crippen molar-refractivity contribution in [3.8, 4) is 5.69 Å². The predicted octanol–water partition coefficient (Wildman–Crippen LogP) is 2.65. The van der Waals surface area contributed by atoms with Gasteiger partial charge in [0.15, 0.2) is 0 Å². The lowest BCUT2D eigenvalue weighted by atomic mass is 10.2. The van der Waals surface area contributed by atoms with Crippen LogP contribution in [0.3, 0.4) is 0 Å². The van der Waals surface area contributed by atoms with Gasteiger partial charge in [0.05, 0.1) is 16.9 Å². The van der Waals surface area contributed by atoms with Crippen LogP contribution in [0.5, 0.6) is 0 Å². The van der Waals surface area contributed by atoms with Gasteiger partial charge in [-0.15, -0.1) is 0 Å². The Morgan fingerprint density at radius 2 is 1.95 bits per heavy atom. The van der Waals surface area contributed by atoms with Crippen LogP contribution < -0.4 is 11.3 Å². The van der Waals surface area contributed by atoms with E-state index < -0.39 is 17.3 Å². The van der Waals surface area contributed by atoms with Crippen LogP contribution >= 0.6 is 0 Å². The first-order valence-electron chi connectivity index (χ1n) is 6.55. The first kappa shape index (κ1) is 13.8. The lowest BCUT2D eigenvalue weighted by Gasteiger charge is -2.12. The van der Waals surface area contributed by atoms with Crippen LogP contribution in [-0.2, 0) is 13.2 Å². The predicted molar refractivity (Wildman–Crippen MR) is 72.4 cm³/mol. The monoisotopic (exact) mass is 297 g/mol. The number of alkyl halides is 3. The SMILES string of the molecule is Cn1c(C2CC2)c(N)c(=O)n1-c1cccc(C(F)(F)F)c1. The highest BCUT2D eigenvalue weighted by molar-refractivity contribution is 5.49. The van der Waals surface area contributed by atoms with Crippen molar-refractivity contribution in [3.63, 3.8) is 0 Å². The van der Waals surface area contributed by atoms with Gasteiger partial charge in [0.2, 0.25) is 0 Å².